The Balaban J connectivity index is 1.24. The minimum Gasteiger partial charge on any atom is -0.483 e. The molecule has 0 radical (unpaired) electrons. The summed E-state index contributed by atoms with van der Waals surface area (Å²) in [5.74, 6) is -0.796. The van der Waals surface area contributed by atoms with Gasteiger partial charge >= 0.3 is 6.09 Å². The van der Waals surface area contributed by atoms with E-state index in [9.17, 15) is 24.0 Å². The van der Waals surface area contributed by atoms with Crippen LogP contribution in [0.25, 0.3) is 10.9 Å². The lowest BCUT2D eigenvalue weighted by molar-refractivity contribution is -0.140. The average Bonchev–Trinajstić information content (AvgIpc) is 3.51. The summed E-state index contributed by atoms with van der Waals surface area (Å²) in [5.41, 5.74) is 1.54. The van der Waals surface area contributed by atoms with Crippen molar-refractivity contribution in [2.45, 2.75) is 58.0 Å². The molecule has 2 aliphatic heterocycles. The second kappa shape index (κ2) is 14.1. The molecule has 1 aromatic heterocycles. The molecule has 5 rings (SSSR count). The quantitative estimate of drug-likeness (QED) is 0.448. The number of rotatable bonds is 9. The number of fused-ring (bicyclic) bond motifs is 1. The first kappa shape index (κ1) is 32.0. The normalized spacial score (nSPS) is 18.4. The van der Waals surface area contributed by atoms with Crippen molar-refractivity contribution in [1.82, 2.24) is 29.9 Å². The van der Waals surface area contributed by atoms with Crippen LogP contribution < -0.4 is 10.1 Å². The van der Waals surface area contributed by atoms with Crippen molar-refractivity contribution in [2.24, 2.45) is 0 Å². The van der Waals surface area contributed by atoms with Crippen LogP contribution in [0.4, 0.5) is 4.79 Å². The van der Waals surface area contributed by atoms with Gasteiger partial charge in [0.1, 0.15) is 17.5 Å². The fourth-order valence-corrected chi connectivity index (χ4v) is 5.87. The summed E-state index contributed by atoms with van der Waals surface area (Å²) in [5, 5.41) is 3.69. The number of aromatic nitrogens is 1. The highest BCUT2D eigenvalue weighted by atomic mass is 16.6. The minimum absolute atomic E-state index is 0.0805. The third-order valence-corrected chi connectivity index (χ3v) is 8.70. The largest absolute Gasteiger partial charge is 0.483 e. The fourth-order valence-electron chi connectivity index (χ4n) is 5.87. The zero-order valence-corrected chi connectivity index (χ0v) is 26.3. The Morgan fingerprint density at radius 2 is 1.69 bits per heavy atom. The summed E-state index contributed by atoms with van der Waals surface area (Å²) in [6.45, 7) is 5.38. The molecule has 3 heterocycles. The lowest BCUT2D eigenvalue weighted by Crippen LogP contribution is -2.52. The van der Waals surface area contributed by atoms with Gasteiger partial charge in [-0.2, -0.15) is 0 Å². The Hall–Kier alpha value is -4.42. The molecule has 13 heteroatoms. The lowest BCUT2D eigenvalue weighted by atomic mass is 9.93. The van der Waals surface area contributed by atoms with Crippen molar-refractivity contribution in [3.8, 4) is 5.75 Å². The molecule has 0 spiro atoms. The van der Waals surface area contributed by atoms with Crippen molar-refractivity contribution in [3.05, 3.63) is 35.5 Å². The van der Waals surface area contributed by atoms with Gasteiger partial charge in [0.15, 0.2) is 6.61 Å². The van der Waals surface area contributed by atoms with Gasteiger partial charge in [-0.1, -0.05) is 6.07 Å². The summed E-state index contributed by atoms with van der Waals surface area (Å²) < 4.78 is 11.1. The minimum atomic E-state index is -0.505. The molecule has 45 heavy (non-hydrogen) atoms. The molecule has 1 atom stereocenters. The van der Waals surface area contributed by atoms with Gasteiger partial charge in [-0.05, 0) is 63.6 Å². The third-order valence-electron chi connectivity index (χ3n) is 8.70. The molecule has 1 N–H and O–H groups in total. The molecule has 5 amide bonds. The van der Waals surface area contributed by atoms with Crippen LogP contribution in [0.1, 0.15) is 55.1 Å². The summed E-state index contributed by atoms with van der Waals surface area (Å²) in [6.07, 6.45) is 4.02. The summed E-state index contributed by atoms with van der Waals surface area (Å²) >= 11 is 0. The number of piperazine rings is 1. The number of carbonyl (C=O) groups is 5. The maximum absolute atomic E-state index is 13.5. The summed E-state index contributed by atoms with van der Waals surface area (Å²) in [6, 6.07) is 6.75. The number of ether oxygens (including phenoxy) is 2. The van der Waals surface area contributed by atoms with Crippen LogP contribution in [-0.4, -0.2) is 126 Å². The molecule has 1 unspecified atom stereocenters. The van der Waals surface area contributed by atoms with Crippen LogP contribution in [0.5, 0.6) is 5.75 Å². The monoisotopic (exact) mass is 622 g/mol. The van der Waals surface area contributed by atoms with Gasteiger partial charge in [-0.25, -0.2) is 9.78 Å². The zero-order chi connectivity index (χ0) is 32.1. The van der Waals surface area contributed by atoms with Crippen molar-refractivity contribution >= 4 is 40.6 Å². The number of amides is 5. The second-order valence-corrected chi connectivity index (χ2v) is 11.9. The van der Waals surface area contributed by atoms with Gasteiger partial charge in [0.25, 0.3) is 11.8 Å². The van der Waals surface area contributed by atoms with Crippen molar-refractivity contribution < 1.29 is 33.4 Å². The van der Waals surface area contributed by atoms with E-state index in [1.807, 2.05) is 25.1 Å². The van der Waals surface area contributed by atoms with Crippen LogP contribution in [0.3, 0.4) is 0 Å². The first-order valence-corrected chi connectivity index (χ1v) is 15.7. The number of hydrogen-bond acceptors (Lipinski definition) is 8. The number of carbonyl (C=O) groups excluding carboxylic acids is 5. The highest BCUT2D eigenvalue weighted by molar-refractivity contribution is 5.99. The first-order valence-electron chi connectivity index (χ1n) is 15.7. The molecule has 13 nitrogen and oxygen atoms in total. The molecule has 1 aliphatic carbocycles. The van der Waals surface area contributed by atoms with Crippen molar-refractivity contribution in [1.29, 1.82) is 0 Å². The number of nitrogens with zero attached hydrogens (tertiary/aromatic N) is 5. The van der Waals surface area contributed by atoms with E-state index in [2.05, 4.69) is 10.3 Å². The third kappa shape index (κ3) is 7.46. The number of hydrogen-bond donors (Lipinski definition) is 1. The van der Waals surface area contributed by atoms with Crippen LogP contribution in [-0.2, 0) is 19.1 Å². The summed E-state index contributed by atoms with van der Waals surface area (Å²) in [7, 11) is 1.53. The van der Waals surface area contributed by atoms with E-state index >= 15 is 0 Å². The first-order chi connectivity index (χ1) is 21.6. The lowest BCUT2D eigenvalue weighted by Gasteiger charge is -2.34. The van der Waals surface area contributed by atoms with Gasteiger partial charge in [0.05, 0.1) is 18.7 Å². The standard InChI is InChI=1S/C32H42N6O7/c1-4-44-32(43)37-15-13-36(14-16-37)28(39)19-35(3)31(42)25-18-27(23-11-10-21(2)17-24(23)34-25)45-20-29(40)38-12-6-9-26(38)30(41)33-22-7-5-8-22/h10-11,17-18,22,26H,4-9,12-16,19-20H2,1-3H3,(H,33,41). The van der Waals surface area contributed by atoms with E-state index in [0.29, 0.717) is 55.8 Å². The van der Waals surface area contributed by atoms with E-state index in [-0.39, 0.29) is 49.2 Å². The predicted octanol–water partition coefficient (Wildman–Crippen LogP) is 1.95. The molecule has 3 aliphatic rings. The molecule has 1 aromatic carbocycles. The van der Waals surface area contributed by atoms with E-state index in [1.165, 1.54) is 18.0 Å². The molecule has 0 bridgehead atoms. The molecular weight excluding hydrogens is 580 g/mol. The van der Waals surface area contributed by atoms with Crippen LogP contribution >= 0.6 is 0 Å². The fraction of sp³-hybridized carbons (Fsp3) is 0.562. The van der Waals surface area contributed by atoms with E-state index in [0.717, 1.165) is 31.2 Å². The van der Waals surface area contributed by atoms with E-state index in [4.69, 9.17) is 9.47 Å². The van der Waals surface area contributed by atoms with Gasteiger partial charge in [-0.15, -0.1) is 0 Å². The number of benzene rings is 1. The van der Waals surface area contributed by atoms with Gasteiger partial charge in [0.2, 0.25) is 11.8 Å². The molecule has 2 aromatic rings. The highest BCUT2D eigenvalue weighted by Crippen LogP contribution is 2.28. The average molecular weight is 623 g/mol. The van der Waals surface area contributed by atoms with Crippen molar-refractivity contribution in [3.63, 3.8) is 0 Å². The number of nitrogens with one attached hydrogen (secondary N) is 1. The smallest absolute Gasteiger partial charge is 0.409 e. The Kier molecular flexibility index (Phi) is 10.0. The van der Waals surface area contributed by atoms with Gasteiger partial charge in [-0.3, -0.25) is 19.2 Å². The van der Waals surface area contributed by atoms with Crippen molar-refractivity contribution in [2.75, 3.05) is 59.5 Å². The highest BCUT2D eigenvalue weighted by Gasteiger charge is 2.36. The van der Waals surface area contributed by atoms with Crippen LogP contribution in [0.2, 0.25) is 0 Å². The maximum Gasteiger partial charge on any atom is 0.409 e. The Bertz CT molecular complexity index is 1450. The van der Waals surface area contributed by atoms with E-state index < -0.39 is 18.0 Å². The van der Waals surface area contributed by atoms with Gasteiger partial charge in [0, 0.05) is 57.3 Å². The summed E-state index contributed by atoms with van der Waals surface area (Å²) in [4.78, 5) is 75.2. The Morgan fingerprint density at radius 3 is 2.38 bits per heavy atom. The number of likely N-dealkylation sites (tertiary alicyclic amines) is 1. The zero-order valence-electron chi connectivity index (χ0n) is 26.3. The van der Waals surface area contributed by atoms with Crippen LogP contribution in [0, 0.1) is 6.92 Å². The predicted molar refractivity (Wildman–Crippen MR) is 165 cm³/mol. The van der Waals surface area contributed by atoms with Crippen LogP contribution in [0.15, 0.2) is 24.3 Å². The molecule has 1 saturated carbocycles. The number of likely N-dealkylation sites (N-methyl/N-ethyl adjacent to an activating group) is 1. The molecule has 2 saturated heterocycles. The second-order valence-electron chi connectivity index (χ2n) is 11.9. The Labute approximate surface area is 262 Å². The number of aryl methyl sites for hydroxylation is 1. The maximum atomic E-state index is 13.5. The van der Waals surface area contributed by atoms with E-state index in [1.54, 1.807) is 21.6 Å². The number of pyridine rings is 1. The molecule has 3 fully saturated rings. The van der Waals surface area contributed by atoms with Gasteiger partial charge < -0.3 is 34.4 Å². The molecular formula is C32H42N6O7. The molecule has 242 valence electrons. The topological polar surface area (TPSA) is 142 Å². The Morgan fingerprint density at radius 1 is 0.956 bits per heavy atom. The SMILES string of the molecule is CCOC(=O)N1CCN(C(=O)CN(C)C(=O)c2cc(OCC(=O)N3CCCC3C(=O)NC3CCC3)c3ccc(C)cc3n2)CC1.